The van der Waals surface area contributed by atoms with E-state index in [1.807, 2.05) is 0 Å². The van der Waals surface area contributed by atoms with Gasteiger partial charge in [-0.25, -0.2) is 8.42 Å². The smallest absolute Gasteiger partial charge is 0.157 e. The summed E-state index contributed by atoms with van der Waals surface area (Å²) in [6.45, 7) is 2.18. The van der Waals surface area contributed by atoms with Crippen molar-refractivity contribution in [3.05, 3.63) is 0 Å². The van der Waals surface area contributed by atoms with Gasteiger partial charge in [-0.05, 0) is 31.6 Å². The van der Waals surface area contributed by atoms with Gasteiger partial charge in [-0.3, -0.25) is 0 Å². The molecule has 2 rings (SSSR count). The molecule has 0 bridgehead atoms. The molecule has 0 spiro atoms. The number of hydrogen-bond donors (Lipinski definition) is 1. The third kappa shape index (κ3) is 3.72. The highest BCUT2D eigenvalue weighted by molar-refractivity contribution is 7.92. The zero-order valence-electron chi connectivity index (χ0n) is 12.2. The number of sulfone groups is 1. The van der Waals surface area contributed by atoms with Gasteiger partial charge in [0.1, 0.15) is 0 Å². The molecule has 2 saturated carbocycles. The van der Waals surface area contributed by atoms with Crippen molar-refractivity contribution in [3.63, 3.8) is 0 Å². The predicted molar refractivity (Wildman–Crippen MR) is 79.8 cm³/mol. The van der Waals surface area contributed by atoms with Crippen LogP contribution < -0.4 is 5.73 Å². The third-order valence-corrected chi connectivity index (χ3v) is 7.82. The summed E-state index contributed by atoms with van der Waals surface area (Å²) in [5.41, 5.74) is 6.20. The van der Waals surface area contributed by atoms with Crippen molar-refractivity contribution >= 4 is 9.84 Å². The average molecular weight is 287 g/mol. The molecule has 2 fully saturated rings. The largest absolute Gasteiger partial charge is 0.327 e. The Hall–Kier alpha value is -0.0900. The van der Waals surface area contributed by atoms with Gasteiger partial charge in [0.05, 0.1) is 10.5 Å². The van der Waals surface area contributed by atoms with Gasteiger partial charge in [0.2, 0.25) is 0 Å². The Morgan fingerprint density at radius 1 is 0.895 bits per heavy atom. The highest BCUT2D eigenvalue weighted by atomic mass is 32.2. The molecule has 0 aromatic carbocycles. The number of rotatable bonds is 2. The minimum Gasteiger partial charge on any atom is -0.327 e. The van der Waals surface area contributed by atoms with Crippen molar-refractivity contribution in [3.8, 4) is 0 Å². The maximum absolute atomic E-state index is 12.9. The highest BCUT2D eigenvalue weighted by Gasteiger charge is 2.39. The van der Waals surface area contributed by atoms with E-state index in [4.69, 9.17) is 5.73 Å². The van der Waals surface area contributed by atoms with Crippen LogP contribution in [0, 0.1) is 5.92 Å². The second kappa shape index (κ2) is 6.57. The second-order valence-electron chi connectivity index (χ2n) is 6.68. The van der Waals surface area contributed by atoms with Gasteiger partial charge >= 0.3 is 0 Å². The predicted octanol–water partition coefficient (Wildman–Crippen LogP) is 3.03. The molecule has 4 unspecified atom stereocenters. The maximum atomic E-state index is 12.9. The summed E-state index contributed by atoms with van der Waals surface area (Å²) in [6, 6.07) is -0.137. The molecule has 0 aromatic heterocycles. The fraction of sp³-hybridized carbons (Fsp3) is 1.00. The summed E-state index contributed by atoms with van der Waals surface area (Å²) in [7, 11) is -3.03. The zero-order chi connectivity index (χ0) is 13.9. The van der Waals surface area contributed by atoms with Crippen LogP contribution in [0.1, 0.15) is 71.1 Å². The second-order valence-corrected chi connectivity index (χ2v) is 9.13. The summed E-state index contributed by atoms with van der Waals surface area (Å²) in [5, 5.41) is -0.394. The Kier molecular flexibility index (Phi) is 5.29. The topological polar surface area (TPSA) is 60.2 Å². The van der Waals surface area contributed by atoms with Crippen LogP contribution in [-0.4, -0.2) is 25.0 Å². The Morgan fingerprint density at radius 2 is 1.58 bits per heavy atom. The molecule has 112 valence electrons. The molecule has 4 atom stereocenters. The van der Waals surface area contributed by atoms with Crippen LogP contribution in [0.15, 0.2) is 0 Å². The quantitative estimate of drug-likeness (QED) is 0.849. The van der Waals surface area contributed by atoms with Crippen LogP contribution >= 0.6 is 0 Å². The summed E-state index contributed by atoms with van der Waals surface area (Å²) >= 11 is 0. The standard InChI is InChI=1S/C15H29NO2S/c1-12-7-6-8-13(11-12)19(17,18)15-10-5-3-2-4-9-14(15)16/h12-15H,2-11,16H2,1H3. The molecule has 0 amide bonds. The van der Waals surface area contributed by atoms with Crippen molar-refractivity contribution in [2.45, 2.75) is 87.7 Å². The van der Waals surface area contributed by atoms with E-state index in [9.17, 15) is 8.42 Å². The summed E-state index contributed by atoms with van der Waals surface area (Å²) in [4.78, 5) is 0. The zero-order valence-corrected chi connectivity index (χ0v) is 13.0. The fourth-order valence-electron chi connectivity index (χ4n) is 3.81. The summed E-state index contributed by atoms with van der Waals surface area (Å²) in [5.74, 6) is 0.554. The van der Waals surface area contributed by atoms with Crippen LogP contribution in [0.4, 0.5) is 0 Å². The summed E-state index contributed by atoms with van der Waals surface area (Å²) < 4.78 is 25.8. The Labute approximate surface area is 118 Å². The van der Waals surface area contributed by atoms with Crippen molar-refractivity contribution < 1.29 is 8.42 Å². The molecule has 2 aliphatic carbocycles. The lowest BCUT2D eigenvalue weighted by Crippen LogP contribution is -2.46. The van der Waals surface area contributed by atoms with Crippen LogP contribution in [-0.2, 0) is 9.84 Å². The first-order valence-electron chi connectivity index (χ1n) is 8.00. The van der Waals surface area contributed by atoms with E-state index in [0.29, 0.717) is 5.92 Å². The SMILES string of the molecule is CC1CCCC(S(=O)(=O)C2CCCCCCC2N)C1. The minimum atomic E-state index is -3.03. The molecule has 2 N–H and O–H groups in total. The summed E-state index contributed by atoms with van der Waals surface area (Å²) in [6.07, 6.45) is 10.1. The van der Waals surface area contributed by atoms with E-state index < -0.39 is 9.84 Å². The van der Waals surface area contributed by atoms with Crippen LogP contribution in [0.25, 0.3) is 0 Å². The Bertz CT molecular complexity index is 380. The van der Waals surface area contributed by atoms with Gasteiger partial charge in [-0.2, -0.15) is 0 Å². The van der Waals surface area contributed by atoms with E-state index in [1.165, 1.54) is 19.3 Å². The molecule has 0 aromatic rings. The van der Waals surface area contributed by atoms with Crippen LogP contribution in [0.3, 0.4) is 0 Å². The molecule has 0 saturated heterocycles. The number of hydrogen-bond acceptors (Lipinski definition) is 3. The molecule has 19 heavy (non-hydrogen) atoms. The lowest BCUT2D eigenvalue weighted by Gasteiger charge is -2.33. The average Bonchev–Trinajstić information content (AvgIpc) is 2.34. The van der Waals surface area contributed by atoms with E-state index in [1.54, 1.807) is 0 Å². The van der Waals surface area contributed by atoms with Crippen LogP contribution in [0.2, 0.25) is 0 Å². The molecule has 0 radical (unpaired) electrons. The van der Waals surface area contributed by atoms with Crippen molar-refractivity contribution in [1.82, 2.24) is 0 Å². The molecule has 4 heteroatoms. The first-order valence-corrected chi connectivity index (χ1v) is 9.61. The van der Waals surface area contributed by atoms with Gasteiger partial charge in [-0.1, -0.05) is 45.4 Å². The first-order chi connectivity index (χ1) is 9.01. The van der Waals surface area contributed by atoms with Gasteiger partial charge < -0.3 is 5.73 Å². The molecule has 0 aliphatic heterocycles. The Balaban J connectivity index is 2.11. The van der Waals surface area contributed by atoms with E-state index in [2.05, 4.69) is 6.92 Å². The lowest BCUT2D eigenvalue weighted by molar-refractivity contribution is 0.373. The van der Waals surface area contributed by atoms with Crippen LogP contribution in [0.5, 0.6) is 0 Å². The van der Waals surface area contributed by atoms with Gasteiger partial charge in [-0.15, -0.1) is 0 Å². The third-order valence-electron chi connectivity index (χ3n) is 5.03. The normalized spacial score (nSPS) is 38.4. The lowest BCUT2D eigenvalue weighted by atomic mass is 9.90. The van der Waals surface area contributed by atoms with E-state index in [0.717, 1.165) is 44.9 Å². The molecule has 3 nitrogen and oxygen atoms in total. The van der Waals surface area contributed by atoms with E-state index in [-0.39, 0.29) is 16.5 Å². The molecular weight excluding hydrogens is 258 g/mol. The van der Waals surface area contributed by atoms with Crippen molar-refractivity contribution in [1.29, 1.82) is 0 Å². The Morgan fingerprint density at radius 3 is 2.26 bits per heavy atom. The van der Waals surface area contributed by atoms with Gasteiger partial charge in [0.25, 0.3) is 0 Å². The maximum Gasteiger partial charge on any atom is 0.157 e. The fourth-order valence-corrected chi connectivity index (χ4v) is 6.52. The van der Waals surface area contributed by atoms with Gasteiger partial charge in [0.15, 0.2) is 9.84 Å². The molecular formula is C15H29NO2S. The number of nitrogens with two attached hydrogens (primary N) is 1. The molecule has 2 aliphatic rings. The highest BCUT2D eigenvalue weighted by Crippen LogP contribution is 2.33. The minimum absolute atomic E-state index is 0.119. The van der Waals surface area contributed by atoms with Crippen molar-refractivity contribution in [2.24, 2.45) is 11.7 Å². The first kappa shape index (κ1) is 15.3. The van der Waals surface area contributed by atoms with Gasteiger partial charge in [0, 0.05) is 6.04 Å². The molecule has 0 heterocycles. The monoisotopic (exact) mass is 287 g/mol. The van der Waals surface area contributed by atoms with Crippen molar-refractivity contribution in [2.75, 3.05) is 0 Å². The van der Waals surface area contributed by atoms with E-state index >= 15 is 0 Å².